The summed E-state index contributed by atoms with van der Waals surface area (Å²) in [4.78, 5) is 16.0. The molecule has 0 bridgehead atoms. The Labute approximate surface area is 165 Å². The molecule has 0 aliphatic heterocycles. The van der Waals surface area contributed by atoms with Gasteiger partial charge < -0.3 is 15.0 Å². The number of halogens is 3. The first-order valence-corrected chi connectivity index (χ1v) is 8.76. The van der Waals surface area contributed by atoms with Crippen molar-refractivity contribution < 1.29 is 9.13 Å². The van der Waals surface area contributed by atoms with Crippen LogP contribution in [0.2, 0.25) is 10.0 Å². The molecule has 0 saturated heterocycles. The van der Waals surface area contributed by atoms with Gasteiger partial charge in [-0.15, -0.1) is 0 Å². The van der Waals surface area contributed by atoms with Crippen molar-refractivity contribution in [3.05, 3.63) is 74.5 Å². The van der Waals surface area contributed by atoms with Crippen LogP contribution in [-0.2, 0) is 7.05 Å². The molecule has 0 aliphatic rings. The van der Waals surface area contributed by atoms with E-state index in [1.54, 1.807) is 38.5 Å². The standard InChI is InChI=1S/C19H16Cl2FN3O2/c1-10(17-13(20)3-4-14(22)18(17)21)27-15-7-12(9-24-19(15)23)11-5-6-25(2)16(26)8-11/h3-10H,1-2H3,(H2,23,24). The normalized spacial score (nSPS) is 12.0. The van der Waals surface area contributed by atoms with Crippen LogP contribution in [0.15, 0.2) is 47.5 Å². The Bertz CT molecular complexity index is 1070. The quantitative estimate of drug-likeness (QED) is 0.640. The Morgan fingerprint density at radius 3 is 2.67 bits per heavy atom. The van der Waals surface area contributed by atoms with Crippen LogP contribution in [-0.4, -0.2) is 9.55 Å². The number of nitrogen functional groups attached to an aromatic ring is 1. The average molecular weight is 408 g/mol. The van der Waals surface area contributed by atoms with Gasteiger partial charge in [-0.05, 0) is 36.8 Å². The van der Waals surface area contributed by atoms with Gasteiger partial charge in [-0.2, -0.15) is 0 Å². The summed E-state index contributed by atoms with van der Waals surface area (Å²) in [7, 11) is 1.66. The molecule has 3 aromatic rings. The number of aryl methyl sites for hydroxylation is 1. The molecule has 2 heterocycles. The van der Waals surface area contributed by atoms with E-state index < -0.39 is 11.9 Å². The molecular formula is C19H16Cl2FN3O2. The smallest absolute Gasteiger partial charge is 0.250 e. The SMILES string of the molecule is CC(Oc1cc(-c2ccn(C)c(=O)c2)cnc1N)c1c(Cl)ccc(F)c1Cl. The molecule has 27 heavy (non-hydrogen) atoms. The molecule has 2 N–H and O–H groups in total. The van der Waals surface area contributed by atoms with Gasteiger partial charge in [0.25, 0.3) is 5.56 Å². The highest BCUT2D eigenvalue weighted by Crippen LogP contribution is 2.36. The van der Waals surface area contributed by atoms with Gasteiger partial charge in [-0.25, -0.2) is 9.37 Å². The van der Waals surface area contributed by atoms with E-state index in [1.807, 2.05) is 0 Å². The molecule has 8 heteroatoms. The van der Waals surface area contributed by atoms with Crippen molar-refractivity contribution in [1.82, 2.24) is 9.55 Å². The number of benzene rings is 1. The molecular weight excluding hydrogens is 392 g/mol. The Hall–Kier alpha value is -2.57. The molecule has 5 nitrogen and oxygen atoms in total. The number of hydrogen-bond acceptors (Lipinski definition) is 4. The zero-order valence-electron chi connectivity index (χ0n) is 14.5. The summed E-state index contributed by atoms with van der Waals surface area (Å²) in [5.74, 6) is -0.165. The lowest BCUT2D eigenvalue weighted by Crippen LogP contribution is -2.14. The summed E-state index contributed by atoms with van der Waals surface area (Å²) in [5, 5.41) is 0.174. The third-order valence-corrected chi connectivity index (χ3v) is 4.82. The molecule has 1 atom stereocenters. The van der Waals surface area contributed by atoms with Crippen molar-refractivity contribution in [2.45, 2.75) is 13.0 Å². The topological polar surface area (TPSA) is 70.1 Å². The number of rotatable bonds is 4. The van der Waals surface area contributed by atoms with Gasteiger partial charge in [0.05, 0.1) is 5.02 Å². The molecule has 0 aliphatic carbocycles. The zero-order valence-corrected chi connectivity index (χ0v) is 16.1. The predicted octanol–water partition coefficient (Wildman–Crippen LogP) is 4.62. The maximum Gasteiger partial charge on any atom is 0.250 e. The molecule has 3 rings (SSSR count). The van der Waals surface area contributed by atoms with E-state index >= 15 is 0 Å². The zero-order chi connectivity index (χ0) is 19.7. The summed E-state index contributed by atoms with van der Waals surface area (Å²) in [6, 6.07) is 7.53. The lowest BCUT2D eigenvalue weighted by atomic mass is 10.1. The van der Waals surface area contributed by atoms with Crippen LogP contribution in [0, 0.1) is 5.82 Å². The number of aromatic nitrogens is 2. The first-order valence-electron chi connectivity index (χ1n) is 8.00. The van der Waals surface area contributed by atoms with E-state index in [1.165, 1.54) is 22.8 Å². The predicted molar refractivity (Wildman–Crippen MR) is 105 cm³/mol. The van der Waals surface area contributed by atoms with E-state index in [9.17, 15) is 9.18 Å². The van der Waals surface area contributed by atoms with Crippen LogP contribution in [0.5, 0.6) is 5.75 Å². The second-order valence-electron chi connectivity index (χ2n) is 5.99. The molecule has 1 aromatic carbocycles. The van der Waals surface area contributed by atoms with Crippen LogP contribution >= 0.6 is 23.2 Å². The van der Waals surface area contributed by atoms with E-state index in [2.05, 4.69) is 4.98 Å². The first kappa shape index (κ1) is 19.2. The largest absolute Gasteiger partial charge is 0.482 e. The minimum absolute atomic E-state index is 0.107. The number of nitrogens with zero attached hydrogens (tertiary/aromatic N) is 2. The molecule has 0 fully saturated rings. The molecule has 0 radical (unpaired) electrons. The van der Waals surface area contributed by atoms with Crippen LogP contribution in [0.4, 0.5) is 10.2 Å². The maximum absolute atomic E-state index is 13.8. The Kier molecular flexibility index (Phi) is 5.39. The third kappa shape index (κ3) is 3.91. The maximum atomic E-state index is 13.8. The van der Waals surface area contributed by atoms with Gasteiger partial charge in [0.1, 0.15) is 11.9 Å². The number of ether oxygens (including phenoxy) is 1. The Morgan fingerprint density at radius 1 is 1.22 bits per heavy atom. The molecule has 0 amide bonds. The van der Waals surface area contributed by atoms with Crippen molar-refractivity contribution in [2.75, 3.05) is 5.73 Å². The average Bonchev–Trinajstić information content (AvgIpc) is 2.63. The number of anilines is 1. The lowest BCUT2D eigenvalue weighted by molar-refractivity contribution is 0.227. The van der Waals surface area contributed by atoms with Crippen molar-refractivity contribution in [3.63, 3.8) is 0 Å². The number of pyridine rings is 2. The molecule has 140 valence electrons. The first-order chi connectivity index (χ1) is 12.8. The number of hydrogen-bond donors (Lipinski definition) is 1. The molecule has 1 unspecified atom stereocenters. The van der Waals surface area contributed by atoms with Crippen LogP contribution < -0.4 is 16.0 Å². The van der Waals surface area contributed by atoms with Gasteiger partial charge in [-0.3, -0.25) is 4.79 Å². The summed E-state index contributed by atoms with van der Waals surface area (Å²) in [6.45, 7) is 1.68. The van der Waals surface area contributed by atoms with Gasteiger partial charge >= 0.3 is 0 Å². The van der Waals surface area contributed by atoms with Crippen molar-refractivity contribution >= 4 is 29.0 Å². The van der Waals surface area contributed by atoms with E-state index in [0.29, 0.717) is 16.7 Å². The Morgan fingerprint density at radius 2 is 1.96 bits per heavy atom. The van der Waals surface area contributed by atoms with E-state index in [-0.39, 0.29) is 27.2 Å². The van der Waals surface area contributed by atoms with Crippen molar-refractivity contribution in [2.24, 2.45) is 7.05 Å². The highest BCUT2D eigenvalue weighted by atomic mass is 35.5. The Balaban J connectivity index is 1.97. The van der Waals surface area contributed by atoms with E-state index in [0.717, 1.165) is 0 Å². The van der Waals surface area contributed by atoms with E-state index in [4.69, 9.17) is 33.7 Å². The lowest BCUT2D eigenvalue weighted by Gasteiger charge is -2.19. The highest BCUT2D eigenvalue weighted by molar-refractivity contribution is 6.36. The number of nitrogens with two attached hydrogens (primary N) is 1. The van der Waals surface area contributed by atoms with Gasteiger partial charge in [0, 0.05) is 41.7 Å². The van der Waals surface area contributed by atoms with Crippen LogP contribution in [0.3, 0.4) is 0 Å². The minimum Gasteiger partial charge on any atom is -0.482 e. The second-order valence-corrected chi connectivity index (χ2v) is 6.77. The fourth-order valence-electron chi connectivity index (χ4n) is 2.60. The second kappa shape index (κ2) is 7.58. The fourth-order valence-corrected chi connectivity index (χ4v) is 3.28. The molecule has 0 saturated carbocycles. The summed E-state index contributed by atoms with van der Waals surface area (Å²) in [5.41, 5.74) is 7.40. The third-order valence-electron chi connectivity index (χ3n) is 4.11. The highest BCUT2D eigenvalue weighted by Gasteiger charge is 2.20. The monoisotopic (exact) mass is 407 g/mol. The molecule has 2 aromatic heterocycles. The van der Waals surface area contributed by atoms with Gasteiger partial charge in [-0.1, -0.05) is 23.2 Å². The van der Waals surface area contributed by atoms with Crippen LogP contribution in [0.1, 0.15) is 18.6 Å². The summed E-state index contributed by atoms with van der Waals surface area (Å²) < 4.78 is 21.1. The van der Waals surface area contributed by atoms with Gasteiger partial charge in [0.2, 0.25) is 0 Å². The fraction of sp³-hybridized carbons (Fsp3) is 0.158. The summed E-state index contributed by atoms with van der Waals surface area (Å²) >= 11 is 12.2. The minimum atomic E-state index is -0.677. The van der Waals surface area contributed by atoms with Crippen LogP contribution in [0.25, 0.3) is 11.1 Å². The van der Waals surface area contributed by atoms with Crippen molar-refractivity contribution in [3.8, 4) is 16.9 Å². The summed E-state index contributed by atoms with van der Waals surface area (Å²) in [6.07, 6.45) is 2.52. The molecule has 0 spiro atoms. The van der Waals surface area contributed by atoms with Gasteiger partial charge in [0.15, 0.2) is 11.6 Å². The van der Waals surface area contributed by atoms with Crippen molar-refractivity contribution in [1.29, 1.82) is 0 Å².